The minimum absolute atomic E-state index is 0.0931. The number of phenolic OH excluding ortho intramolecular Hbond substituents is 1. The van der Waals surface area contributed by atoms with Crippen LogP contribution in [-0.2, 0) is 0 Å². The molecule has 0 saturated heterocycles. The number of pyridine rings is 1. The van der Waals surface area contributed by atoms with Gasteiger partial charge in [0.1, 0.15) is 17.0 Å². The third-order valence-corrected chi connectivity index (χ3v) is 2.29. The quantitative estimate of drug-likeness (QED) is 0.732. The summed E-state index contributed by atoms with van der Waals surface area (Å²) in [7, 11) is 0. The molecule has 4 heteroatoms. The van der Waals surface area contributed by atoms with Crippen molar-refractivity contribution in [1.29, 1.82) is 0 Å². The van der Waals surface area contributed by atoms with Crippen LogP contribution in [0.5, 0.6) is 5.75 Å². The van der Waals surface area contributed by atoms with Crippen molar-refractivity contribution in [1.82, 2.24) is 4.98 Å². The maximum Gasteiger partial charge on any atom is 0.267 e. The van der Waals surface area contributed by atoms with Crippen molar-refractivity contribution in [3.8, 4) is 5.75 Å². The van der Waals surface area contributed by atoms with Gasteiger partial charge in [0.25, 0.3) is 5.91 Å². The van der Waals surface area contributed by atoms with E-state index in [-0.39, 0.29) is 11.4 Å². The number of aryl methyl sites for hydroxylation is 1. The molecule has 0 radical (unpaired) electrons. The highest BCUT2D eigenvalue weighted by molar-refractivity contribution is 5.95. The predicted octanol–water partition coefficient (Wildman–Crippen LogP) is 1.35. The van der Waals surface area contributed by atoms with E-state index in [1.165, 1.54) is 0 Å². The summed E-state index contributed by atoms with van der Waals surface area (Å²) in [5.74, 6) is -0.506. The van der Waals surface area contributed by atoms with Crippen molar-refractivity contribution in [2.24, 2.45) is 5.73 Å². The monoisotopic (exact) mass is 202 g/mol. The molecule has 2 rings (SSSR count). The number of nitrogens with two attached hydrogens (primary N) is 1. The molecule has 0 saturated carbocycles. The lowest BCUT2D eigenvalue weighted by molar-refractivity contribution is 0.0996. The summed E-state index contributed by atoms with van der Waals surface area (Å²) in [5, 5.41) is 10.5. The Morgan fingerprint density at radius 3 is 2.67 bits per heavy atom. The third kappa shape index (κ3) is 1.50. The van der Waals surface area contributed by atoms with Crippen molar-refractivity contribution in [2.75, 3.05) is 0 Å². The summed E-state index contributed by atoms with van der Waals surface area (Å²) in [6, 6.07) is 6.88. The summed E-state index contributed by atoms with van der Waals surface area (Å²) in [4.78, 5) is 14.9. The zero-order valence-corrected chi connectivity index (χ0v) is 8.19. The fourth-order valence-electron chi connectivity index (χ4n) is 1.41. The number of phenols is 1. The van der Waals surface area contributed by atoms with E-state index in [1.807, 2.05) is 6.07 Å². The van der Waals surface area contributed by atoms with Gasteiger partial charge in [0.15, 0.2) is 0 Å². The van der Waals surface area contributed by atoms with Crippen LogP contribution in [0.1, 0.15) is 16.1 Å². The number of carbonyl (C=O) groups is 1. The van der Waals surface area contributed by atoms with Gasteiger partial charge < -0.3 is 10.8 Å². The molecule has 3 N–H and O–H groups in total. The van der Waals surface area contributed by atoms with Gasteiger partial charge in [0.05, 0.1) is 0 Å². The predicted molar refractivity (Wildman–Crippen MR) is 56.7 cm³/mol. The van der Waals surface area contributed by atoms with Gasteiger partial charge in [0.2, 0.25) is 0 Å². The van der Waals surface area contributed by atoms with Crippen LogP contribution in [0.2, 0.25) is 0 Å². The number of amides is 1. The van der Waals surface area contributed by atoms with E-state index < -0.39 is 5.91 Å². The minimum atomic E-state index is -0.599. The highest BCUT2D eigenvalue weighted by Gasteiger charge is 2.08. The number of carbonyl (C=O) groups excluding carboxylic acids is 1. The van der Waals surface area contributed by atoms with E-state index in [0.29, 0.717) is 5.52 Å². The smallest absolute Gasteiger partial charge is 0.267 e. The summed E-state index contributed by atoms with van der Waals surface area (Å²) in [6.45, 7) is 1.77. The highest BCUT2D eigenvalue weighted by atomic mass is 16.3. The molecule has 0 fully saturated rings. The van der Waals surface area contributed by atoms with Gasteiger partial charge in [-0.05, 0) is 18.6 Å². The lowest BCUT2D eigenvalue weighted by Crippen LogP contribution is -2.12. The van der Waals surface area contributed by atoms with Gasteiger partial charge in [-0.2, -0.15) is 0 Å². The molecule has 0 unspecified atom stereocenters. The molecule has 4 nitrogen and oxygen atoms in total. The van der Waals surface area contributed by atoms with Gasteiger partial charge in [-0.3, -0.25) is 4.79 Å². The number of aromatic nitrogens is 1. The van der Waals surface area contributed by atoms with E-state index in [2.05, 4.69) is 4.98 Å². The Morgan fingerprint density at radius 1 is 1.33 bits per heavy atom. The molecule has 1 aromatic carbocycles. The number of benzene rings is 1. The second-order valence-electron chi connectivity index (χ2n) is 3.36. The van der Waals surface area contributed by atoms with Crippen LogP contribution in [0, 0.1) is 6.92 Å². The summed E-state index contributed by atoms with van der Waals surface area (Å²) < 4.78 is 0. The SMILES string of the molecule is Cc1ccc2ccc(C(N)=O)nc2c1O. The molecule has 0 aliphatic rings. The second-order valence-corrected chi connectivity index (χ2v) is 3.36. The second kappa shape index (κ2) is 3.24. The van der Waals surface area contributed by atoms with Crippen LogP contribution in [0.25, 0.3) is 10.9 Å². The Bertz CT molecular complexity index is 550. The number of fused-ring (bicyclic) bond motifs is 1. The van der Waals surface area contributed by atoms with E-state index in [4.69, 9.17) is 5.73 Å². The first-order valence-electron chi connectivity index (χ1n) is 4.48. The van der Waals surface area contributed by atoms with Crippen LogP contribution < -0.4 is 5.73 Å². The zero-order chi connectivity index (χ0) is 11.0. The lowest BCUT2D eigenvalue weighted by Gasteiger charge is -2.04. The molecule has 0 spiro atoms. The fraction of sp³-hybridized carbons (Fsp3) is 0.0909. The van der Waals surface area contributed by atoms with E-state index in [0.717, 1.165) is 10.9 Å². The number of aromatic hydroxyl groups is 1. The number of primary amides is 1. The highest BCUT2D eigenvalue weighted by Crippen LogP contribution is 2.26. The van der Waals surface area contributed by atoms with Crippen LogP contribution in [0.15, 0.2) is 24.3 Å². The normalized spacial score (nSPS) is 10.5. The molecule has 1 heterocycles. The average Bonchev–Trinajstić information content (AvgIpc) is 2.23. The van der Waals surface area contributed by atoms with Gasteiger partial charge in [-0.25, -0.2) is 4.98 Å². The number of rotatable bonds is 1. The summed E-state index contributed by atoms with van der Waals surface area (Å²) in [5.41, 5.74) is 6.39. The van der Waals surface area contributed by atoms with Gasteiger partial charge >= 0.3 is 0 Å². The maximum atomic E-state index is 10.9. The van der Waals surface area contributed by atoms with Gasteiger partial charge in [-0.15, -0.1) is 0 Å². The molecule has 2 aromatic rings. The Labute approximate surface area is 86.4 Å². The first kappa shape index (κ1) is 9.45. The maximum absolute atomic E-state index is 10.9. The molecular formula is C11H10N2O2. The number of hydrogen-bond donors (Lipinski definition) is 2. The van der Waals surface area contributed by atoms with Gasteiger partial charge in [0, 0.05) is 5.39 Å². The molecule has 1 aromatic heterocycles. The number of hydrogen-bond acceptors (Lipinski definition) is 3. The Balaban J connectivity index is 2.79. The van der Waals surface area contributed by atoms with Crippen LogP contribution in [0.3, 0.4) is 0 Å². The molecule has 0 aliphatic carbocycles. The Hall–Kier alpha value is -2.10. The van der Waals surface area contributed by atoms with Crippen molar-refractivity contribution < 1.29 is 9.90 Å². The minimum Gasteiger partial charge on any atom is -0.505 e. The molecule has 0 aliphatic heterocycles. The molecular weight excluding hydrogens is 192 g/mol. The van der Waals surface area contributed by atoms with Crippen molar-refractivity contribution in [2.45, 2.75) is 6.92 Å². The average molecular weight is 202 g/mol. The first-order chi connectivity index (χ1) is 7.09. The van der Waals surface area contributed by atoms with E-state index in [1.54, 1.807) is 25.1 Å². The molecule has 0 bridgehead atoms. The topological polar surface area (TPSA) is 76.2 Å². The van der Waals surface area contributed by atoms with Crippen molar-refractivity contribution in [3.05, 3.63) is 35.5 Å². The van der Waals surface area contributed by atoms with Gasteiger partial charge in [-0.1, -0.05) is 18.2 Å². The molecule has 76 valence electrons. The van der Waals surface area contributed by atoms with Crippen LogP contribution in [-0.4, -0.2) is 16.0 Å². The largest absolute Gasteiger partial charge is 0.505 e. The standard InChI is InChI=1S/C11H10N2O2/c1-6-2-3-7-4-5-8(11(12)15)13-9(7)10(6)14/h2-5,14H,1H3,(H2,12,15). The van der Waals surface area contributed by atoms with E-state index in [9.17, 15) is 9.90 Å². The van der Waals surface area contributed by atoms with Crippen LogP contribution >= 0.6 is 0 Å². The van der Waals surface area contributed by atoms with Crippen LogP contribution in [0.4, 0.5) is 0 Å². The summed E-state index contributed by atoms with van der Waals surface area (Å²) >= 11 is 0. The number of nitrogens with zero attached hydrogens (tertiary/aromatic N) is 1. The van der Waals surface area contributed by atoms with Crippen molar-refractivity contribution >= 4 is 16.8 Å². The van der Waals surface area contributed by atoms with Crippen molar-refractivity contribution in [3.63, 3.8) is 0 Å². The Morgan fingerprint density at radius 2 is 2.00 bits per heavy atom. The zero-order valence-electron chi connectivity index (χ0n) is 8.19. The Kier molecular flexibility index (Phi) is 2.04. The molecule has 15 heavy (non-hydrogen) atoms. The fourth-order valence-corrected chi connectivity index (χ4v) is 1.41. The summed E-state index contributed by atoms with van der Waals surface area (Å²) in [6.07, 6.45) is 0. The molecule has 0 atom stereocenters. The first-order valence-corrected chi connectivity index (χ1v) is 4.48. The third-order valence-electron chi connectivity index (χ3n) is 2.29. The lowest BCUT2D eigenvalue weighted by atomic mass is 10.1. The molecule has 1 amide bonds. The van der Waals surface area contributed by atoms with E-state index >= 15 is 0 Å².